The Morgan fingerprint density at radius 3 is 2.72 bits per heavy atom. The van der Waals surface area contributed by atoms with E-state index in [1.807, 2.05) is 31.2 Å². The normalized spacial score (nSPS) is 33.2. The van der Waals surface area contributed by atoms with Crippen LogP contribution in [0.1, 0.15) is 56.9 Å². The third-order valence-electron chi connectivity index (χ3n) is 6.87. The van der Waals surface area contributed by atoms with E-state index in [2.05, 4.69) is 17.4 Å². The van der Waals surface area contributed by atoms with E-state index in [0.29, 0.717) is 24.7 Å². The fraction of sp³-hybridized carbons (Fsp3) is 0.625. The highest BCUT2D eigenvalue weighted by atomic mass is 16.7. The van der Waals surface area contributed by atoms with Gasteiger partial charge in [0, 0.05) is 31.1 Å². The van der Waals surface area contributed by atoms with Crippen molar-refractivity contribution in [3.63, 3.8) is 0 Å². The van der Waals surface area contributed by atoms with Crippen molar-refractivity contribution < 1.29 is 19.4 Å². The summed E-state index contributed by atoms with van der Waals surface area (Å²) in [7, 11) is 0. The van der Waals surface area contributed by atoms with Gasteiger partial charge in [-0.05, 0) is 62.5 Å². The Morgan fingerprint density at radius 1 is 1.24 bits per heavy atom. The number of nitrogens with one attached hydrogen (secondary N) is 1. The topological polar surface area (TPSA) is 67.8 Å². The number of ether oxygens (including phenoxy) is 2. The summed E-state index contributed by atoms with van der Waals surface area (Å²) in [5.41, 5.74) is 1.15. The molecule has 2 aliphatic carbocycles. The van der Waals surface area contributed by atoms with Crippen molar-refractivity contribution in [1.82, 2.24) is 5.32 Å². The lowest BCUT2D eigenvalue weighted by atomic mass is 9.80. The molecule has 2 bridgehead atoms. The molecule has 2 fully saturated rings. The largest absolute Gasteiger partial charge is 0.459 e. The smallest absolute Gasteiger partial charge is 0.286 e. The predicted molar refractivity (Wildman–Crippen MR) is 111 cm³/mol. The maximum absolute atomic E-state index is 13.1. The van der Waals surface area contributed by atoms with Crippen LogP contribution in [0.2, 0.25) is 0 Å². The van der Waals surface area contributed by atoms with Gasteiger partial charge in [0.2, 0.25) is 6.29 Å². The van der Waals surface area contributed by atoms with Crippen LogP contribution in [0.5, 0.6) is 0 Å². The van der Waals surface area contributed by atoms with Crippen LogP contribution in [-0.2, 0) is 14.3 Å². The Morgan fingerprint density at radius 2 is 2.07 bits per heavy atom. The van der Waals surface area contributed by atoms with E-state index in [-0.39, 0.29) is 30.4 Å². The maximum atomic E-state index is 13.1. The first-order valence-electron chi connectivity index (χ1n) is 11.2. The zero-order chi connectivity index (χ0) is 20.2. The predicted octanol–water partition coefficient (Wildman–Crippen LogP) is 3.74. The van der Waals surface area contributed by atoms with Gasteiger partial charge in [-0.3, -0.25) is 4.79 Å². The summed E-state index contributed by atoms with van der Waals surface area (Å²) in [5, 5.41) is 12.6. The average Bonchev–Trinajstić information content (AvgIpc) is 3.36. The van der Waals surface area contributed by atoms with Gasteiger partial charge < -0.3 is 19.9 Å². The Hall–Kier alpha value is -1.85. The van der Waals surface area contributed by atoms with Crippen LogP contribution in [0.25, 0.3) is 0 Å². The first-order chi connectivity index (χ1) is 14.2. The van der Waals surface area contributed by atoms with Crippen LogP contribution in [0, 0.1) is 17.8 Å². The van der Waals surface area contributed by atoms with Gasteiger partial charge in [-0.1, -0.05) is 36.8 Å². The van der Waals surface area contributed by atoms with E-state index in [4.69, 9.17) is 9.47 Å². The molecule has 1 aliphatic heterocycles. The summed E-state index contributed by atoms with van der Waals surface area (Å²) in [4.78, 5) is 13.1. The molecule has 1 heterocycles. The lowest BCUT2D eigenvalue weighted by molar-refractivity contribution is -0.167. The second-order valence-corrected chi connectivity index (χ2v) is 8.69. The first-order valence-corrected chi connectivity index (χ1v) is 11.2. The monoisotopic (exact) mass is 399 g/mol. The van der Waals surface area contributed by atoms with Gasteiger partial charge in [0.1, 0.15) is 0 Å². The molecule has 29 heavy (non-hydrogen) atoms. The van der Waals surface area contributed by atoms with Crippen molar-refractivity contribution >= 4 is 5.91 Å². The molecular formula is C24H33NO4. The molecule has 158 valence electrons. The fourth-order valence-electron chi connectivity index (χ4n) is 5.48. The number of aliphatic hydroxyl groups excluding tert-OH is 1. The second kappa shape index (κ2) is 9.31. The molecule has 3 aliphatic rings. The Bertz CT molecular complexity index is 719. The van der Waals surface area contributed by atoms with Crippen molar-refractivity contribution in [2.45, 2.75) is 63.7 Å². The molecule has 0 saturated heterocycles. The van der Waals surface area contributed by atoms with Gasteiger partial charge in [0.25, 0.3) is 5.91 Å². The van der Waals surface area contributed by atoms with E-state index < -0.39 is 6.29 Å². The fourth-order valence-corrected chi connectivity index (χ4v) is 5.48. The van der Waals surface area contributed by atoms with Crippen LogP contribution in [0.4, 0.5) is 0 Å². The minimum atomic E-state index is -0.484. The molecule has 1 amide bonds. The lowest BCUT2D eigenvalue weighted by Crippen LogP contribution is -2.43. The molecule has 0 aromatic heterocycles. The Balaban J connectivity index is 1.56. The number of amides is 1. The molecule has 4 rings (SSSR count). The third-order valence-corrected chi connectivity index (χ3v) is 6.87. The number of aliphatic hydroxyl groups is 1. The summed E-state index contributed by atoms with van der Waals surface area (Å²) in [6, 6.07) is 10.5. The molecule has 2 N–H and O–H groups in total. The van der Waals surface area contributed by atoms with E-state index in [0.717, 1.165) is 24.3 Å². The second-order valence-electron chi connectivity index (χ2n) is 8.69. The minimum absolute atomic E-state index is 0.0221. The summed E-state index contributed by atoms with van der Waals surface area (Å²) >= 11 is 0. The molecule has 5 nitrogen and oxygen atoms in total. The zero-order valence-electron chi connectivity index (χ0n) is 17.3. The van der Waals surface area contributed by atoms with Gasteiger partial charge in [0.15, 0.2) is 5.76 Å². The first kappa shape index (κ1) is 20.4. The van der Waals surface area contributed by atoms with Crippen molar-refractivity contribution in [1.29, 1.82) is 0 Å². The van der Waals surface area contributed by atoms with E-state index in [1.54, 1.807) is 0 Å². The number of hydrogen-bond acceptors (Lipinski definition) is 4. The van der Waals surface area contributed by atoms with Crippen LogP contribution < -0.4 is 5.32 Å². The van der Waals surface area contributed by atoms with Gasteiger partial charge in [-0.15, -0.1) is 0 Å². The Labute approximate surface area is 173 Å². The van der Waals surface area contributed by atoms with Gasteiger partial charge in [0.05, 0.1) is 0 Å². The molecule has 2 saturated carbocycles. The van der Waals surface area contributed by atoms with E-state index in [9.17, 15) is 9.90 Å². The molecule has 5 heteroatoms. The maximum Gasteiger partial charge on any atom is 0.286 e. The van der Waals surface area contributed by atoms with Crippen molar-refractivity contribution in [2.24, 2.45) is 17.8 Å². The van der Waals surface area contributed by atoms with Crippen LogP contribution in [0.15, 0.2) is 42.2 Å². The molecular weight excluding hydrogens is 366 g/mol. The van der Waals surface area contributed by atoms with Crippen LogP contribution >= 0.6 is 0 Å². The average molecular weight is 400 g/mol. The SMILES string of the molecule is CCO[C@@H]1OC(C(=O)NC2CC3CCC2C3)=C[C@H](c2ccccc2)[C@H]1CCCO. The summed E-state index contributed by atoms with van der Waals surface area (Å²) in [6.45, 7) is 2.60. The number of rotatable bonds is 8. The van der Waals surface area contributed by atoms with Crippen molar-refractivity contribution in [2.75, 3.05) is 13.2 Å². The number of hydrogen-bond donors (Lipinski definition) is 2. The van der Waals surface area contributed by atoms with E-state index in [1.165, 1.54) is 19.3 Å². The van der Waals surface area contributed by atoms with Gasteiger partial charge >= 0.3 is 0 Å². The highest BCUT2D eigenvalue weighted by Gasteiger charge is 2.42. The Kier molecular flexibility index (Phi) is 6.56. The van der Waals surface area contributed by atoms with Crippen molar-refractivity contribution in [3.8, 4) is 0 Å². The third kappa shape index (κ3) is 4.51. The number of carbonyl (C=O) groups excluding carboxylic acids is 1. The van der Waals surface area contributed by atoms with Gasteiger partial charge in [-0.2, -0.15) is 0 Å². The minimum Gasteiger partial charge on any atom is -0.459 e. The molecule has 6 atom stereocenters. The number of benzene rings is 1. The number of allylic oxidation sites excluding steroid dienone is 1. The quantitative estimate of drug-likeness (QED) is 0.699. The lowest BCUT2D eigenvalue weighted by Gasteiger charge is -2.37. The molecule has 3 unspecified atom stereocenters. The molecule has 0 spiro atoms. The molecule has 1 aromatic rings. The highest BCUT2D eigenvalue weighted by Crippen LogP contribution is 2.45. The molecule has 0 radical (unpaired) electrons. The van der Waals surface area contributed by atoms with Crippen LogP contribution in [0.3, 0.4) is 0 Å². The highest BCUT2D eigenvalue weighted by molar-refractivity contribution is 5.92. The van der Waals surface area contributed by atoms with Gasteiger partial charge in [-0.25, -0.2) is 0 Å². The summed E-state index contributed by atoms with van der Waals surface area (Å²) < 4.78 is 12.0. The summed E-state index contributed by atoms with van der Waals surface area (Å²) in [5.74, 6) is 1.74. The number of fused-ring (bicyclic) bond motifs is 2. The zero-order valence-corrected chi connectivity index (χ0v) is 17.3. The number of carbonyl (C=O) groups is 1. The van der Waals surface area contributed by atoms with E-state index >= 15 is 0 Å². The standard InChI is InChI=1S/C24H33NO4/c1-2-28-24-19(9-6-12-26)20(17-7-4-3-5-8-17)15-22(29-24)23(27)25-21-14-16-10-11-18(21)13-16/h3-5,7-8,15-16,18-21,24,26H,2,6,9-14H2,1H3,(H,25,27)/t16?,18?,19-,20-,21?,24-/m1/s1. The van der Waals surface area contributed by atoms with Crippen molar-refractivity contribution in [3.05, 3.63) is 47.7 Å². The summed E-state index contributed by atoms with van der Waals surface area (Å²) in [6.07, 6.45) is 7.83. The van der Waals surface area contributed by atoms with Crippen LogP contribution in [-0.4, -0.2) is 36.6 Å². The molecule has 1 aromatic carbocycles.